The third kappa shape index (κ3) is 2.33. The van der Waals surface area contributed by atoms with Crippen LogP contribution in [0.2, 0.25) is 0 Å². The molecule has 1 unspecified atom stereocenters. The molecule has 0 aromatic heterocycles. The zero-order valence-electron chi connectivity index (χ0n) is 10.7. The maximum atomic E-state index is 13.5. The lowest BCUT2D eigenvalue weighted by Crippen LogP contribution is -2.44. The Morgan fingerprint density at radius 1 is 1.67 bits per heavy atom. The zero-order valence-corrected chi connectivity index (χ0v) is 10.7. The first-order valence-corrected chi connectivity index (χ1v) is 5.76. The van der Waals surface area contributed by atoms with Crippen LogP contribution >= 0.6 is 0 Å². The number of rotatable bonds is 3. The Labute approximate surface area is 117 Å². The summed E-state index contributed by atoms with van der Waals surface area (Å²) in [5.74, 6) is -1.34. The number of aliphatic hydroxyl groups excluding tert-OH is 3. The van der Waals surface area contributed by atoms with Crippen LogP contribution in [0.25, 0.3) is 10.4 Å². The largest absolute Gasteiger partial charge is 0.393 e. The molecule has 2 heterocycles. The summed E-state index contributed by atoms with van der Waals surface area (Å²) in [7, 11) is 0. The van der Waals surface area contributed by atoms with Crippen LogP contribution in [-0.2, 0) is 4.74 Å². The van der Waals surface area contributed by atoms with E-state index in [2.05, 4.69) is 21.6 Å². The second-order valence-corrected chi connectivity index (χ2v) is 4.43. The average Bonchev–Trinajstić information content (AvgIpc) is 2.69. The van der Waals surface area contributed by atoms with Gasteiger partial charge in [-0.15, -0.1) is 0 Å². The van der Waals surface area contributed by atoms with Crippen molar-refractivity contribution in [3.63, 3.8) is 0 Å². The number of aliphatic imine (C=N–C) groups is 1. The number of amidine groups is 1. The Balaban J connectivity index is 2.35. The lowest BCUT2D eigenvalue weighted by molar-refractivity contribution is -0.131. The van der Waals surface area contributed by atoms with Crippen molar-refractivity contribution < 1.29 is 24.4 Å². The molecule has 10 nitrogen and oxygen atoms in total. The van der Waals surface area contributed by atoms with E-state index in [0.29, 0.717) is 0 Å². The van der Waals surface area contributed by atoms with Crippen LogP contribution < -0.4 is 5.73 Å². The van der Waals surface area contributed by atoms with Gasteiger partial charge in [0, 0.05) is 11.1 Å². The van der Waals surface area contributed by atoms with E-state index in [1.165, 1.54) is 0 Å². The Kier molecular flexibility index (Phi) is 3.85. The van der Waals surface area contributed by atoms with Gasteiger partial charge < -0.3 is 30.7 Å². The molecule has 11 heteroatoms. The lowest BCUT2D eigenvalue weighted by Gasteiger charge is -2.31. The van der Waals surface area contributed by atoms with Gasteiger partial charge in [0.05, 0.1) is 6.61 Å². The molecule has 0 aromatic carbocycles. The Bertz CT molecular complexity index is 574. The number of nitrogens with zero attached hydrogens (tertiary/aromatic N) is 5. The Hall–Kier alpha value is -2.17. The second kappa shape index (κ2) is 5.31. The van der Waals surface area contributed by atoms with Gasteiger partial charge in [-0.05, 0) is 5.53 Å². The van der Waals surface area contributed by atoms with Gasteiger partial charge in [-0.3, -0.25) is 0 Å². The maximum absolute atomic E-state index is 13.5. The molecule has 1 saturated heterocycles. The molecule has 2 rings (SSSR count). The zero-order chi connectivity index (χ0) is 15.8. The molecule has 21 heavy (non-hydrogen) atoms. The number of halogens is 1. The molecule has 0 radical (unpaired) electrons. The van der Waals surface area contributed by atoms with Crippen LogP contribution in [0.5, 0.6) is 0 Å². The van der Waals surface area contributed by atoms with Crippen molar-refractivity contribution in [1.29, 1.82) is 0 Å². The van der Waals surface area contributed by atoms with Crippen molar-refractivity contribution in [3.05, 3.63) is 34.9 Å². The van der Waals surface area contributed by atoms with Crippen LogP contribution in [0, 0.1) is 0 Å². The van der Waals surface area contributed by atoms with Crippen LogP contribution in [0.15, 0.2) is 34.5 Å². The van der Waals surface area contributed by atoms with Gasteiger partial charge in [0.15, 0.2) is 17.9 Å². The SMILES string of the molecule is C=C1N=C(N)C(F)=CN1[C@@H]1O[C@@](CO)(N=[N+]=[N-])[C@H](O)C1O. The fraction of sp³-hybridized carbons (Fsp3) is 0.500. The quantitative estimate of drug-likeness (QED) is 0.297. The summed E-state index contributed by atoms with van der Waals surface area (Å²) in [5, 5.41) is 32.4. The highest BCUT2D eigenvalue weighted by Crippen LogP contribution is 2.36. The van der Waals surface area contributed by atoms with Gasteiger partial charge in [-0.2, -0.15) is 0 Å². The van der Waals surface area contributed by atoms with Crippen molar-refractivity contribution in [2.45, 2.75) is 24.2 Å². The molecule has 2 aliphatic heterocycles. The van der Waals surface area contributed by atoms with Gasteiger partial charge in [0.2, 0.25) is 5.72 Å². The molecule has 0 aromatic rings. The van der Waals surface area contributed by atoms with Gasteiger partial charge in [-0.1, -0.05) is 11.7 Å². The molecule has 4 atom stereocenters. The number of nitrogens with two attached hydrogens (primary N) is 1. The number of hydrogen-bond donors (Lipinski definition) is 4. The van der Waals surface area contributed by atoms with E-state index in [-0.39, 0.29) is 5.82 Å². The van der Waals surface area contributed by atoms with E-state index in [1.54, 1.807) is 0 Å². The van der Waals surface area contributed by atoms with Gasteiger partial charge in [0.1, 0.15) is 18.0 Å². The average molecular weight is 300 g/mol. The molecule has 114 valence electrons. The van der Waals surface area contributed by atoms with Gasteiger partial charge in [0.25, 0.3) is 0 Å². The molecule has 0 saturated carbocycles. The van der Waals surface area contributed by atoms with Gasteiger partial charge >= 0.3 is 0 Å². The summed E-state index contributed by atoms with van der Waals surface area (Å²) >= 11 is 0. The molecule has 0 amide bonds. The highest BCUT2D eigenvalue weighted by Gasteiger charge is 2.56. The number of azide groups is 1. The van der Waals surface area contributed by atoms with Crippen molar-refractivity contribution in [3.8, 4) is 0 Å². The predicted molar refractivity (Wildman–Crippen MR) is 67.6 cm³/mol. The lowest BCUT2D eigenvalue weighted by atomic mass is 10.1. The van der Waals surface area contributed by atoms with E-state index in [0.717, 1.165) is 11.1 Å². The van der Waals surface area contributed by atoms with E-state index < -0.39 is 42.4 Å². The molecule has 0 spiro atoms. The predicted octanol–water partition coefficient (Wildman–Crippen LogP) is -0.982. The molecule has 5 N–H and O–H groups in total. The maximum Gasteiger partial charge on any atom is 0.200 e. The normalized spacial score (nSPS) is 36.1. The molecule has 0 aliphatic carbocycles. The molecular weight excluding hydrogens is 287 g/mol. The number of ether oxygens (including phenoxy) is 1. The minimum Gasteiger partial charge on any atom is -0.393 e. The number of hydrogen-bond acceptors (Lipinski definition) is 8. The van der Waals surface area contributed by atoms with Crippen LogP contribution in [0.1, 0.15) is 0 Å². The van der Waals surface area contributed by atoms with Crippen molar-refractivity contribution in [1.82, 2.24) is 4.90 Å². The summed E-state index contributed by atoms with van der Waals surface area (Å²) < 4.78 is 18.7. The minimum atomic E-state index is -2.09. The Morgan fingerprint density at radius 3 is 2.90 bits per heavy atom. The van der Waals surface area contributed by atoms with E-state index in [4.69, 9.17) is 16.0 Å². The smallest absolute Gasteiger partial charge is 0.200 e. The Morgan fingerprint density at radius 2 is 2.33 bits per heavy atom. The van der Waals surface area contributed by atoms with E-state index >= 15 is 0 Å². The monoisotopic (exact) mass is 300 g/mol. The molecule has 0 bridgehead atoms. The first-order valence-electron chi connectivity index (χ1n) is 5.76. The second-order valence-electron chi connectivity index (χ2n) is 4.43. The first kappa shape index (κ1) is 15.2. The van der Waals surface area contributed by atoms with Crippen molar-refractivity contribution in [2.75, 3.05) is 6.61 Å². The third-order valence-electron chi connectivity index (χ3n) is 3.16. The summed E-state index contributed by atoms with van der Waals surface area (Å²) in [6.45, 7) is 2.63. The standard InChI is InChI=1S/C10H13FN6O4/c1-4-14-8(12)5(11)2-17(4)9-6(19)7(20)10(3-18,21-9)15-16-13/h2,6-7,9,18-20H,1,3H2,(H2,12,14)/t6?,7-,9-,10-/m1/s1. The highest BCUT2D eigenvalue weighted by molar-refractivity contribution is 5.96. The van der Waals surface area contributed by atoms with Crippen LogP contribution in [0.4, 0.5) is 4.39 Å². The molecule has 2 aliphatic rings. The fourth-order valence-electron chi connectivity index (χ4n) is 2.05. The van der Waals surface area contributed by atoms with Crippen molar-refractivity contribution in [2.24, 2.45) is 15.8 Å². The van der Waals surface area contributed by atoms with Crippen LogP contribution in [-0.4, -0.2) is 56.8 Å². The highest BCUT2D eigenvalue weighted by atomic mass is 19.1. The third-order valence-corrected chi connectivity index (χ3v) is 3.16. The van der Waals surface area contributed by atoms with Crippen LogP contribution in [0.3, 0.4) is 0 Å². The van der Waals surface area contributed by atoms with E-state index in [9.17, 15) is 19.7 Å². The summed E-state index contributed by atoms with van der Waals surface area (Å²) in [6, 6.07) is 0. The summed E-state index contributed by atoms with van der Waals surface area (Å²) in [6.07, 6.45) is -3.84. The molecular formula is C10H13FN6O4. The summed E-state index contributed by atoms with van der Waals surface area (Å²) in [5.41, 5.74) is 11.7. The van der Waals surface area contributed by atoms with Crippen molar-refractivity contribution >= 4 is 5.84 Å². The van der Waals surface area contributed by atoms with Gasteiger partial charge in [-0.25, -0.2) is 9.38 Å². The molecule has 1 fully saturated rings. The topological polar surface area (TPSA) is 160 Å². The van der Waals surface area contributed by atoms with E-state index in [1.807, 2.05) is 0 Å². The minimum absolute atomic E-state index is 0.0557. The fourth-order valence-corrected chi connectivity index (χ4v) is 2.05. The summed E-state index contributed by atoms with van der Waals surface area (Å²) in [4.78, 5) is 7.05. The first-order chi connectivity index (χ1) is 9.86. The number of aliphatic hydroxyl groups is 3.